The molecule has 0 unspecified atom stereocenters. The van der Waals surface area contributed by atoms with E-state index in [4.69, 9.17) is 41.4 Å². The van der Waals surface area contributed by atoms with Crippen LogP contribution < -0.4 is 4.74 Å². The Morgan fingerprint density at radius 1 is 0.505 bits per heavy atom. The average molecular weight is 1350 g/mol. The number of rotatable bonds is 28. The summed E-state index contributed by atoms with van der Waals surface area (Å²) in [5, 5.41) is 11.2. The number of carbonyl (C=O) groups excluding carboxylic acids is 1. The lowest BCUT2D eigenvalue weighted by Gasteiger charge is -2.48. The zero-order chi connectivity index (χ0) is 68.2. The third kappa shape index (κ3) is 20.0. The predicted molar refractivity (Wildman–Crippen MR) is 321 cm³/mol. The molecule has 0 radical (unpaired) electrons. The lowest BCUT2D eigenvalue weighted by Crippen LogP contribution is -2.59. The predicted octanol–water partition coefficient (Wildman–Crippen LogP) is 19.1. The summed E-state index contributed by atoms with van der Waals surface area (Å²) in [6.45, 7) is 1.43. The zero-order valence-corrected chi connectivity index (χ0v) is 53.0. The van der Waals surface area contributed by atoms with Crippen molar-refractivity contribution >= 4 is 27.9 Å². The molecule has 0 aliphatic carbocycles. The molecule has 0 saturated heterocycles. The second-order valence-electron chi connectivity index (χ2n) is 22.6. The monoisotopic (exact) mass is 1350 g/mol. The SMILES string of the molecule is COc1cc(F)c(C(C)C)cc1-c1ccc(C(F)(F)F)cc1CN(C(=O)OC(C)(C)C)[C@@H](C)[C@](OC(=O)O)(c1cc(C(F)(F)F)cc(C(F)(F)F)c1)C(COP(=O)(OCc1ccccc1)OCc1ccccc1)COP(=O)(OCc1ccccc1)OCc1ccccc1. The Hall–Kier alpha value is -7.60. The summed E-state index contributed by atoms with van der Waals surface area (Å²) in [5.41, 5.74) is -11.8. The molecule has 1 amide bonds. The summed E-state index contributed by atoms with van der Waals surface area (Å²) in [5.74, 6) is -4.18. The zero-order valence-electron chi connectivity index (χ0n) is 51.2. The Bertz CT molecular complexity index is 3490. The Balaban J connectivity index is 1.57. The first kappa shape index (κ1) is 72.8. The molecule has 93 heavy (non-hydrogen) atoms. The van der Waals surface area contributed by atoms with E-state index < -0.39 is 155 Å². The Kier molecular flexibility index (Phi) is 24.0. The van der Waals surface area contributed by atoms with E-state index in [1.54, 1.807) is 86.6 Å². The quantitative estimate of drug-likeness (QED) is 0.0279. The van der Waals surface area contributed by atoms with Gasteiger partial charge < -0.3 is 19.3 Å². The minimum absolute atomic E-state index is 0.0197. The minimum Gasteiger partial charge on any atom is -0.496 e. The van der Waals surface area contributed by atoms with Crippen LogP contribution in [0, 0.1) is 11.7 Å². The molecule has 0 bridgehead atoms. The van der Waals surface area contributed by atoms with E-state index in [1.165, 1.54) is 75.4 Å². The number of hydrogen-bond acceptors (Lipinski definition) is 13. The van der Waals surface area contributed by atoms with Crippen LogP contribution >= 0.6 is 15.6 Å². The van der Waals surface area contributed by atoms with Crippen molar-refractivity contribution in [3.05, 3.63) is 231 Å². The van der Waals surface area contributed by atoms with Gasteiger partial charge in [0.25, 0.3) is 0 Å². The number of halogens is 10. The van der Waals surface area contributed by atoms with Crippen LogP contribution in [-0.4, -0.2) is 54.2 Å². The summed E-state index contributed by atoms with van der Waals surface area (Å²) in [6, 6.07) is 33.1. The van der Waals surface area contributed by atoms with Gasteiger partial charge in [-0.05, 0) is 115 Å². The fourth-order valence-corrected chi connectivity index (χ4v) is 12.2. The maximum atomic E-state index is 15.7. The highest BCUT2D eigenvalue weighted by atomic mass is 31.2. The molecule has 7 rings (SSSR count). The van der Waals surface area contributed by atoms with Gasteiger partial charge in [-0.1, -0.05) is 141 Å². The van der Waals surface area contributed by atoms with Crippen molar-refractivity contribution in [1.29, 1.82) is 0 Å². The van der Waals surface area contributed by atoms with Crippen molar-refractivity contribution in [3.8, 4) is 16.9 Å². The Morgan fingerprint density at radius 3 is 1.26 bits per heavy atom. The van der Waals surface area contributed by atoms with Crippen LogP contribution in [0.2, 0.25) is 0 Å². The van der Waals surface area contributed by atoms with Crippen LogP contribution in [0.25, 0.3) is 11.1 Å². The van der Waals surface area contributed by atoms with Crippen LogP contribution in [0.1, 0.15) is 103 Å². The van der Waals surface area contributed by atoms with Gasteiger partial charge in [-0.3, -0.25) is 32.0 Å². The number of nitrogens with zero attached hydrogens (tertiary/aromatic N) is 1. The molecule has 7 aromatic rings. The maximum Gasteiger partial charge on any atom is 0.506 e. The molecule has 15 nitrogen and oxygen atoms in total. The van der Waals surface area contributed by atoms with Gasteiger partial charge >= 0.3 is 46.4 Å². The van der Waals surface area contributed by atoms with E-state index in [0.717, 1.165) is 26.2 Å². The molecule has 0 aromatic heterocycles. The van der Waals surface area contributed by atoms with Gasteiger partial charge in [0.05, 0.1) is 81.9 Å². The molecular weight excluding hydrogens is 1280 g/mol. The third-order valence-electron chi connectivity index (χ3n) is 14.4. The maximum absolute atomic E-state index is 15.7. The van der Waals surface area contributed by atoms with Crippen molar-refractivity contribution in [2.75, 3.05) is 20.3 Å². The number of phosphoric acid groups is 2. The number of carbonyl (C=O) groups is 2. The van der Waals surface area contributed by atoms with E-state index in [1.807, 2.05) is 0 Å². The number of benzene rings is 7. The van der Waals surface area contributed by atoms with E-state index in [2.05, 4.69) is 0 Å². The summed E-state index contributed by atoms with van der Waals surface area (Å²) in [4.78, 5) is 29.8. The molecule has 2 atom stereocenters. The molecule has 500 valence electrons. The molecule has 0 spiro atoms. The van der Waals surface area contributed by atoms with Crippen molar-refractivity contribution in [1.82, 2.24) is 4.90 Å². The standard InChI is InChI=1S/C66H67F10NO14P2/c1-43(2)56-34-57(59(83-7)35-58(56)67)55-29-28-50(64(68,69)70)30-49(55)36-77(60(78)90-62(4,5)6)44(3)63(91-61(79)80,51-31-52(65(71,72)73)33-53(32-51)66(74,75)76)54(41-88-92(81,84-37-45-20-12-8-13-21-45)85-38-46-22-14-9-15-23-46)42-89-93(82,86-39-47-24-16-10-17-25-47)87-40-48-26-18-11-19-27-48/h8-35,43-44,54H,36-42H2,1-7H3,(H,79,80)/t44-,63-/m0/s1. The van der Waals surface area contributed by atoms with Crippen molar-refractivity contribution in [3.63, 3.8) is 0 Å². The first-order valence-electron chi connectivity index (χ1n) is 28.6. The number of methoxy groups -OCH3 is 1. The number of ether oxygens (including phenoxy) is 3. The summed E-state index contributed by atoms with van der Waals surface area (Å²) in [7, 11) is -9.45. The first-order chi connectivity index (χ1) is 43.6. The molecule has 1 N–H and O–H groups in total. The van der Waals surface area contributed by atoms with Gasteiger partial charge in [-0.2, -0.15) is 39.5 Å². The summed E-state index contributed by atoms with van der Waals surface area (Å²) < 4.78 is 237. The van der Waals surface area contributed by atoms with E-state index >= 15 is 57.8 Å². The third-order valence-corrected chi connectivity index (χ3v) is 17.1. The van der Waals surface area contributed by atoms with Crippen LogP contribution in [-0.2, 0) is 103 Å². The smallest absolute Gasteiger partial charge is 0.496 e. The second-order valence-corrected chi connectivity index (χ2v) is 25.9. The van der Waals surface area contributed by atoms with Crippen LogP contribution in [0.3, 0.4) is 0 Å². The molecule has 0 aliphatic rings. The fourth-order valence-electron chi connectivity index (χ4n) is 9.82. The molecule has 7 aromatic carbocycles. The Morgan fingerprint density at radius 2 is 0.903 bits per heavy atom. The van der Waals surface area contributed by atoms with Crippen molar-refractivity contribution < 1.29 is 109 Å². The van der Waals surface area contributed by atoms with Crippen LogP contribution in [0.15, 0.2) is 170 Å². The molecule has 0 aliphatic heterocycles. The second kappa shape index (κ2) is 30.6. The Labute approximate surface area is 530 Å². The molecular formula is C66H67F10NO14P2. The lowest BCUT2D eigenvalue weighted by molar-refractivity contribution is -0.146. The largest absolute Gasteiger partial charge is 0.506 e. The topological polar surface area (TPSA) is 175 Å². The highest BCUT2D eigenvalue weighted by Crippen LogP contribution is 2.57. The normalized spacial score (nSPS) is 13.6. The molecule has 0 saturated carbocycles. The highest BCUT2D eigenvalue weighted by Gasteiger charge is 2.56. The summed E-state index contributed by atoms with van der Waals surface area (Å²) >= 11 is 0. The number of carboxylic acid groups (broad SMARTS) is 1. The molecule has 0 heterocycles. The van der Waals surface area contributed by atoms with E-state index in [0.29, 0.717) is 39.3 Å². The molecule has 27 heteroatoms. The lowest BCUT2D eigenvalue weighted by atomic mass is 9.74. The minimum atomic E-state index is -5.73. The number of hydrogen-bond donors (Lipinski definition) is 1. The number of alkyl halides is 9. The van der Waals surface area contributed by atoms with Crippen molar-refractivity contribution in [2.45, 2.75) is 116 Å². The summed E-state index contributed by atoms with van der Waals surface area (Å²) in [6.07, 6.45) is -20.8. The van der Waals surface area contributed by atoms with Gasteiger partial charge in [0.15, 0.2) is 5.60 Å². The van der Waals surface area contributed by atoms with E-state index in [-0.39, 0.29) is 40.6 Å². The van der Waals surface area contributed by atoms with Gasteiger partial charge in [0.1, 0.15) is 17.2 Å². The number of amides is 1. The van der Waals surface area contributed by atoms with Crippen molar-refractivity contribution in [2.24, 2.45) is 5.92 Å². The molecule has 0 fully saturated rings. The van der Waals surface area contributed by atoms with Crippen LogP contribution in [0.4, 0.5) is 53.5 Å². The van der Waals surface area contributed by atoms with Crippen LogP contribution in [0.5, 0.6) is 5.75 Å². The van der Waals surface area contributed by atoms with Gasteiger partial charge in [0, 0.05) is 11.6 Å². The first-order valence-corrected chi connectivity index (χ1v) is 31.6. The average Bonchev–Trinajstić information content (AvgIpc) is 0.739. The van der Waals surface area contributed by atoms with Gasteiger partial charge in [-0.25, -0.2) is 23.1 Å². The number of phosphoric ester groups is 2. The fraction of sp³-hybridized carbons (Fsp3) is 0.333. The van der Waals surface area contributed by atoms with Gasteiger partial charge in [-0.15, -0.1) is 0 Å². The van der Waals surface area contributed by atoms with E-state index in [9.17, 15) is 9.90 Å². The highest BCUT2D eigenvalue weighted by molar-refractivity contribution is 7.48. The van der Waals surface area contributed by atoms with Gasteiger partial charge in [0.2, 0.25) is 0 Å².